The number of carboxylic acid groups (broad SMARTS) is 1. The quantitative estimate of drug-likeness (QED) is 0.672. The lowest BCUT2D eigenvalue weighted by molar-refractivity contribution is -0.148. The molecule has 122 valence electrons. The zero-order chi connectivity index (χ0) is 15.1. The fraction of sp³-hybridized carbons (Fsp3) is 0.944. The molecule has 2 aliphatic rings. The summed E-state index contributed by atoms with van der Waals surface area (Å²) < 4.78 is 0. The summed E-state index contributed by atoms with van der Waals surface area (Å²) in [6, 6.07) is 0.351. The first-order valence-electron chi connectivity index (χ1n) is 9.22. The second-order valence-electron chi connectivity index (χ2n) is 7.05. The van der Waals surface area contributed by atoms with E-state index in [1.807, 2.05) is 0 Å². The average Bonchev–Trinajstić information content (AvgIpc) is 2.50. The number of likely N-dealkylation sites (tertiary alicyclic amines) is 1. The van der Waals surface area contributed by atoms with E-state index in [9.17, 15) is 9.90 Å². The summed E-state index contributed by atoms with van der Waals surface area (Å²) in [4.78, 5) is 13.9. The topological polar surface area (TPSA) is 40.5 Å². The highest BCUT2D eigenvalue weighted by atomic mass is 16.4. The summed E-state index contributed by atoms with van der Waals surface area (Å²) in [5, 5.41) is 9.53. The molecule has 1 heterocycles. The maximum atomic E-state index is 11.6. The van der Waals surface area contributed by atoms with Gasteiger partial charge in [0, 0.05) is 6.04 Å². The second-order valence-corrected chi connectivity index (χ2v) is 7.05. The van der Waals surface area contributed by atoms with Crippen LogP contribution in [0, 0.1) is 5.92 Å². The van der Waals surface area contributed by atoms with Gasteiger partial charge in [-0.15, -0.1) is 0 Å². The van der Waals surface area contributed by atoms with E-state index in [1.54, 1.807) is 0 Å². The van der Waals surface area contributed by atoms with E-state index in [-0.39, 0.29) is 6.04 Å². The van der Waals surface area contributed by atoms with Gasteiger partial charge in [-0.3, -0.25) is 9.69 Å². The van der Waals surface area contributed by atoms with Gasteiger partial charge in [0.05, 0.1) is 0 Å². The first-order chi connectivity index (χ1) is 10.2. The Hall–Kier alpha value is -0.570. The monoisotopic (exact) mass is 295 g/mol. The lowest BCUT2D eigenvalue weighted by Crippen LogP contribution is -2.55. The lowest BCUT2D eigenvalue weighted by Gasteiger charge is -2.47. The normalized spacial score (nSPS) is 30.0. The fourth-order valence-corrected chi connectivity index (χ4v) is 4.39. The Labute approximate surface area is 130 Å². The van der Waals surface area contributed by atoms with Gasteiger partial charge in [-0.1, -0.05) is 51.9 Å². The van der Waals surface area contributed by atoms with E-state index in [0.29, 0.717) is 6.04 Å². The minimum Gasteiger partial charge on any atom is -0.480 e. The Kier molecular flexibility index (Phi) is 7.01. The largest absolute Gasteiger partial charge is 0.480 e. The molecule has 0 amide bonds. The van der Waals surface area contributed by atoms with Gasteiger partial charge in [0.25, 0.3) is 0 Å². The number of hydrogen-bond donors (Lipinski definition) is 1. The summed E-state index contributed by atoms with van der Waals surface area (Å²) >= 11 is 0. The van der Waals surface area contributed by atoms with Crippen LogP contribution in [0.1, 0.15) is 84.0 Å². The minimum absolute atomic E-state index is 0.208. The van der Waals surface area contributed by atoms with Crippen molar-refractivity contribution in [3.8, 4) is 0 Å². The van der Waals surface area contributed by atoms with Crippen LogP contribution in [0.5, 0.6) is 0 Å². The number of fused-ring (bicyclic) bond motifs is 1. The Bertz CT molecular complexity index is 318. The third-order valence-electron chi connectivity index (χ3n) is 5.56. The van der Waals surface area contributed by atoms with Gasteiger partial charge >= 0.3 is 5.97 Å². The molecule has 1 saturated carbocycles. The van der Waals surface area contributed by atoms with Crippen molar-refractivity contribution in [1.29, 1.82) is 0 Å². The van der Waals surface area contributed by atoms with Crippen LogP contribution in [0.15, 0.2) is 0 Å². The highest BCUT2D eigenvalue weighted by Gasteiger charge is 2.40. The molecule has 1 N–H and O–H groups in total. The maximum Gasteiger partial charge on any atom is 0.320 e. The molecule has 21 heavy (non-hydrogen) atoms. The van der Waals surface area contributed by atoms with Crippen molar-refractivity contribution < 1.29 is 9.90 Å². The predicted molar refractivity (Wildman–Crippen MR) is 86.5 cm³/mol. The molecule has 1 aliphatic carbocycles. The van der Waals surface area contributed by atoms with Gasteiger partial charge in [0.1, 0.15) is 6.04 Å². The van der Waals surface area contributed by atoms with Crippen LogP contribution in [0.4, 0.5) is 0 Å². The van der Waals surface area contributed by atoms with Crippen LogP contribution in [0.3, 0.4) is 0 Å². The van der Waals surface area contributed by atoms with Crippen LogP contribution in [-0.4, -0.2) is 34.6 Å². The van der Waals surface area contributed by atoms with Crippen LogP contribution >= 0.6 is 0 Å². The molecule has 0 bridgehead atoms. The van der Waals surface area contributed by atoms with Gasteiger partial charge in [-0.2, -0.15) is 0 Å². The summed E-state index contributed by atoms with van der Waals surface area (Å²) in [6.45, 7) is 3.25. The van der Waals surface area contributed by atoms with Gasteiger partial charge in [-0.05, 0) is 44.6 Å². The van der Waals surface area contributed by atoms with E-state index < -0.39 is 5.97 Å². The number of carbonyl (C=O) groups is 1. The summed E-state index contributed by atoms with van der Waals surface area (Å²) in [7, 11) is 0. The number of unbranched alkanes of at least 4 members (excludes halogenated alkanes) is 5. The van der Waals surface area contributed by atoms with Crippen LogP contribution in [-0.2, 0) is 4.79 Å². The van der Waals surface area contributed by atoms with Crippen molar-refractivity contribution in [3.05, 3.63) is 0 Å². The van der Waals surface area contributed by atoms with Gasteiger partial charge in [0.2, 0.25) is 0 Å². The molecule has 3 atom stereocenters. The van der Waals surface area contributed by atoms with Crippen molar-refractivity contribution in [2.45, 2.75) is 96.1 Å². The van der Waals surface area contributed by atoms with Crippen molar-refractivity contribution in [1.82, 2.24) is 4.90 Å². The third kappa shape index (κ3) is 4.70. The highest BCUT2D eigenvalue weighted by Crippen LogP contribution is 2.38. The Balaban J connectivity index is 1.83. The molecule has 3 heteroatoms. The number of rotatable bonds is 8. The van der Waals surface area contributed by atoms with E-state index >= 15 is 0 Å². The molecule has 0 aromatic heterocycles. The first-order valence-corrected chi connectivity index (χ1v) is 9.22. The van der Waals surface area contributed by atoms with Crippen molar-refractivity contribution >= 4 is 5.97 Å². The minimum atomic E-state index is -0.593. The van der Waals surface area contributed by atoms with Gasteiger partial charge in [0.15, 0.2) is 0 Å². The molecule has 3 nitrogen and oxygen atoms in total. The molecule has 2 fully saturated rings. The van der Waals surface area contributed by atoms with Crippen molar-refractivity contribution in [2.75, 3.05) is 6.54 Å². The summed E-state index contributed by atoms with van der Waals surface area (Å²) in [6.07, 6.45) is 14.9. The maximum absolute atomic E-state index is 11.6. The predicted octanol–water partition coefficient (Wildman–Crippen LogP) is 4.45. The number of piperidine rings is 1. The van der Waals surface area contributed by atoms with E-state index in [1.165, 1.54) is 64.2 Å². The fourth-order valence-electron chi connectivity index (χ4n) is 4.39. The number of carboxylic acids is 1. The number of hydrogen-bond acceptors (Lipinski definition) is 2. The molecule has 2 rings (SSSR count). The Morgan fingerprint density at radius 2 is 1.71 bits per heavy atom. The zero-order valence-corrected chi connectivity index (χ0v) is 13.7. The standard InChI is InChI=1S/C18H33NO2/c1-2-3-4-5-6-9-14-19-16-11-8-7-10-15(16)12-13-17(19)18(20)21/h15-17H,2-14H2,1H3,(H,20,21). The summed E-state index contributed by atoms with van der Waals surface area (Å²) in [5.74, 6) is 0.180. The highest BCUT2D eigenvalue weighted by molar-refractivity contribution is 5.73. The molecule has 0 radical (unpaired) electrons. The smallest absolute Gasteiger partial charge is 0.320 e. The van der Waals surface area contributed by atoms with Gasteiger partial charge in [-0.25, -0.2) is 0 Å². The molecule has 1 saturated heterocycles. The molecular formula is C18H33NO2. The van der Waals surface area contributed by atoms with E-state index in [0.717, 1.165) is 25.3 Å². The molecule has 0 spiro atoms. The third-order valence-corrected chi connectivity index (χ3v) is 5.56. The van der Waals surface area contributed by atoms with Crippen molar-refractivity contribution in [2.24, 2.45) is 5.92 Å². The van der Waals surface area contributed by atoms with E-state index in [2.05, 4.69) is 11.8 Å². The van der Waals surface area contributed by atoms with Crippen LogP contribution in [0.2, 0.25) is 0 Å². The zero-order valence-electron chi connectivity index (χ0n) is 13.7. The van der Waals surface area contributed by atoms with Crippen LogP contribution in [0.25, 0.3) is 0 Å². The Morgan fingerprint density at radius 1 is 1.00 bits per heavy atom. The van der Waals surface area contributed by atoms with Crippen molar-refractivity contribution in [3.63, 3.8) is 0 Å². The van der Waals surface area contributed by atoms with Gasteiger partial charge < -0.3 is 5.11 Å². The van der Waals surface area contributed by atoms with E-state index in [4.69, 9.17) is 0 Å². The number of nitrogens with zero attached hydrogens (tertiary/aromatic N) is 1. The van der Waals surface area contributed by atoms with Crippen LogP contribution < -0.4 is 0 Å². The lowest BCUT2D eigenvalue weighted by atomic mass is 9.76. The molecular weight excluding hydrogens is 262 g/mol. The molecule has 3 unspecified atom stereocenters. The number of aliphatic carboxylic acids is 1. The second kappa shape index (κ2) is 8.77. The summed E-state index contributed by atoms with van der Waals surface area (Å²) in [5.41, 5.74) is 0. The Morgan fingerprint density at radius 3 is 2.48 bits per heavy atom. The molecule has 1 aliphatic heterocycles. The molecule has 0 aromatic carbocycles. The molecule has 0 aromatic rings. The first kappa shape index (κ1) is 16.8. The average molecular weight is 295 g/mol. The SMILES string of the molecule is CCCCCCCCN1C(C(=O)O)CCC2CCCCC21.